The van der Waals surface area contributed by atoms with Crippen LogP contribution < -0.4 is 15.5 Å². The molecule has 3 aliphatic rings. The van der Waals surface area contributed by atoms with Crippen LogP contribution in [0.25, 0.3) is 11.3 Å². The first-order valence-corrected chi connectivity index (χ1v) is 13.9. The number of amides is 2. The fourth-order valence-corrected chi connectivity index (χ4v) is 5.40. The van der Waals surface area contributed by atoms with Crippen molar-refractivity contribution in [3.63, 3.8) is 0 Å². The zero-order chi connectivity index (χ0) is 28.7. The molecule has 1 atom stereocenters. The van der Waals surface area contributed by atoms with E-state index in [9.17, 15) is 9.59 Å². The second-order valence-electron chi connectivity index (χ2n) is 11.0. The summed E-state index contributed by atoms with van der Waals surface area (Å²) in [6.45, 7) is 8.99. The molecule has 12 heteroatoms. The van der Waals surface area contributed by atoms with Gasteiger partial charge in [-0.25, -0.2) is 0 Å². The summed E-state index contributed by atoms with van der Waals surface area (Å²) in [5.41, 5.74) is 5.17. The van der Waals surface area contributed by atoms with Crippen molar-refractivity contribution < 1.29 is 14.3 Å². The zero-order valence-corrected chi connectivity index (χ0v) is 23.8. The predicted molar refractivity (Wildman–Crippen MR) is 157 cm³/mol. The number of hydrogen-bond acceptors (Lipinski definition) is 9. The number of nitrogens with zero attached hydrogens (tertiary/aromatic N) is 7. The molecule has 0 radical (unpaired) electrons. The summed E-state index contributed by atoms with van der Waals surface area (Å²) in [5.74, 6) is 0.207. The molecule has 1 fully saturated rings. The Labute approximate surface area is 239 Å². The minimum atomic E-state index is -0.396. The van der Waals surface area contributed by atoms with Crippen LogP contribution in [0, 0.1) is 6.92 Å². The van der Waals surface area contributed by atoms with Crippen LogP contribution in [-0.2, 0) is 23.1 Å². The topological polar surface area (TPSA) is 120 Å². The molecule has 5 heterocycles. The van der Waals surface area contributed by atoms with E-state index in [-0.39, 0.29) is 18.6 Å². The highest BCUT2D eigenvalue weighted by molar-refractivity contribution is 6.19. The van der Waals surface area contributed by atoms with E-state index in [1.807, 2.05) is 24.8 Å². The molecule has 12 nitrogen and oxygen atoms in total. The Balaban J connectivity index is 1.36. The van der Waals surface area contributed by atoms with Crippen LogP contribution in [0.1, 0.15) is 28.5 Å². The molecule has 214 valence electrons. The van der Waals surface area contributed by atoms with Gasteiger partial charge in [0, 0.05) is 51.0 Å². The maximum Gasteiger partial charge on any atom is 0.280 e. The Morgan fingerprint density at radius 1 is 1.05 bits per heavy atom. The summed E-state index contributed by atoms with van der Waals surface area (Å²) >= 11 is 0. The number of aryl methyl sites for hydroxylation is 2. The van der Waals surface area contributed by atoms with Crippen LogP contribution in [0.15, 0.2) is 41.5 Å². The standard InChI is InChI=1S/C29H35N9O3/c1-18-11-21-13-24(31-18)22-14-30-36(4)27(22)33-26(39)17-41-19(2)15-38-25-12-20(16-37-9-7-35(3)8-10-37)5-6-23(25)32-29(38)34-28(21)40/h5-6,11-14,19H,7-10,15-17H2,1-4H3,(H,33,39)(H,32,34,40). The second-order valence-corrected chi connectivity index (χ2v) is 11.0. The number of benzene rings is 1. The predicted octanol–water partition coefficient (Wildman–Crippen LogP) is 2.32. The van der Waals surface area contributed by atoms with Gasteiger partial charge in [-0.3, -0.25) is 24.2 Å². The van der Waals surface area contributed by atoms with Gasteiger partial charge in [0.1, 0.15) is 12.4 Å². The molecule has 0 aliphatic carbocycles. The SMILES string of the molecule is Cc1cc2cc(n1)-c1cnn(C)c1NC(=O)COC(C)CN1/C(=N/C2=O)Nc2ccc(CN3CCN(C)CC3)cc21. The second kappa shape index (κ2) is 11.0. The number of aromatic nitrogens is 3. The number of anilines is 3. The number of pyridine rings is 1. The fraction of sp³-hybridized carbons (Fsp3) is 0.414. The molecule has 2 N–H and O–H groups in total. The van der Waals surface area contributed by atoms with Gasteiger partial charge in [-0.1, -0.05) is 6.07 Å². The molecule has 3 aliphatic heterocycles. The number of hydrogen-bond donors (Lipinski definition) is 2. The lowest BCUT2D eigenvalue weighted by atomic mass is 10.1. The Hall–Kier alpha value is -4.13. The van der Waals surface area contributed by atoms with Crippen molar-refractivity contribution in [1.29, 1.82) is 0 Å². The molecule has 1 unspecified atom stereocenters. The van der Waals surface area contributed by atoms with Gasteiger partial charge in [-0.2, -0.15) is 10.1 Å². The molecule has 2 aromatic heterocycles. The van der Waals surface area contributed by atoms with E-state index in [1.54, 1.807) is 30.1 Å². The molecule has 2 bridgehead atoms. The maximum atomic E-state index is 13.6. The van der Waals surface area contributed by atoms with Gasteiger partial charge in [0.25, 0.3) is 11.8 Å². The summed E-state index contributed by atoms with van der Waals surface area (Å²) < 4.78 is 7.53. The van der Waals surface area contributed by atoms with Crippen molar-refractivity contribution in [3.05, 3.63) is 53.3 Å². The molecule has 0 spiro atoms. The van der Waals surface area contributed by atoms with Crippen LogP contribution in [0.3, 0.4) is 0 Å². The number of nitrogens with one attached hydrogen (secondary N) is 2. The highest BCUT2D eigenvalue weighted by atomic mass is 16.5. The summed E-state index contributed by atoms with van der Waals surface area (Å²) in [4.78, 5) is 42.4. The quantitative estimate of drug-likeness (QED) is 0.489. The molecule has 6 rings (SSSR count). The Morgan fingerprint density at radius 3 is 2.66 bits per heavy atom. The summed E-state index contributed by atoms with van der Waals surface area (Å²) in [6, 6.07) is 9.71. The van der Waals surface area contributed by atoms with E-state index < -0.39 is 5.91 Å². The number of rotatable bonds is 2. The molecule has 2 amide bonds. The third-order valence-corrected chi connectivity index (χ3v) is 7.68. The maximum absolute atomic E-state index is 13.6. The van der Waals surface area contributed by atoms with Crippen molar-refractivity contribution in [2.75, 3.05) is 61.9 Å². The highest BCUT2D eigenvalue weighted by Gasteiger charge is 2.29. The van der Waals surface area contributed by atoms with E-state index in [4.69, 9.17) is 4.74 Å². The number of ether oxygens (including phenoxy) is 1. The van der Waals surface area contributed by atoms with Gasteiger partial charge in [-0.05, 0) is 50.7 Å². The van der Waals surface area contributed by atoms with Gasteiger partial charge < -0.3 is 25.2 Å². The Kier molecular flexibility index (Phi) is 7.28. The third-order valence-electron chi connectivity index (χ3n) is 7.68. The Bertz CT molecular complexity index is 1520. The van der Waals surface area contributed by atoms with Gasteiger partial charge in [-0.15, -0.1) is 0 Å². The van der Waals surface area contributed by atoms with E-state index in [2.05, 4.69) is 54.7 Å². The number of fused-ring (bicyclic) bond motifs is 7. The number of guanidine groups is 1. The Morgan fingerprint density at radius 2 is 1.85 bits per heavy atom. The van der Waals surface area contributed by atoms with Crippen molar-refractivity contribution in [2.45, 2.75) is 26.5 Å². The molecule has 41 heavy (non-hydrogen) atoms. The lowest BCUT2D eigenvalue weighted by Crippen LogP contribution is -2.43. The summed E-state index contributed by atoms with van der Waals surface area (Å²) in [6.07, 6.45) is 1.28. The molecular formula is C29H35N9O3. The smallest absolute Gasteiger partial charge is 0.280 e. The lowest BCUT2D eigenvalue weighted by Gasteiger charge is -2.32. The number of likely N-dealkylation sites (N-methyl/N-ethyl adjacent to an activating group) is 1. The summed E-state index contributed by atoms with van der Waals surface area (Å²) in [5, 5.41) is 10.5. The molecule has 3 aromatic rings. The molecule has 1 aromatic carbocycles. The first kappa shape index (κ1) is 27.1. The van der Waals surface area contributed by atoms with Crippen molar-refractivity contribution >= 4 is 35.0 Å². The highest BCUT2D eigenvalue weighted by Crippen LogP contribution is 2.35. The average molecular weight is 558 g/mol. The van der Waals surface area contributed by atoms with E-state index in [1.165, 1.54) is 5.56 Å². The zero-order valence-electron chi connectivity index (χ0n) is 23.8. The van der Waals surface area contributed by atoms with E-state index in [0.29, 0.717) is 40.8 Å². The first-order chi connectivity index (χ1) is 19.7. The number of piperazine rings is 1. The number of carbonyl (C=O) groups excluding carboxylic acids is 2. The normalized spacial score (nSPS) is 21.5. The molecule has 0 saturated carbocycles. The van der Waals surface area contributed by atoms with Crippen LogP contribution in [-0.4, -0.2) is 94.8 Å². The minimum absolute atomic E-state index is 0.138. The molecular weight excluding hydrogens is 522 g/mol. The first-order valence-electron chi connectivity index (χ1n) is 13.9. The van der Waals surface area contributed by atoms with Crippen LogP contribution >= 0.6 is 0 Å². The largest absolute Gasteiger partial charge is 0.367 e. The van der Waals surface area contributed by atoms with Gasteiger partial charge in [0.15, 0.2) is 0 Å². The van der Waals surface area contributed by atoms with E-state index in [0.717, 1.165) is 44.1 Å². The van der Waals surface area contributed by atoms with Gasteiger partial charge >= 0.3 is 0 Å². The summed E-state index contributed by atoms with van der Waals surface area (Å²) in [7, 11) is 3.89. The lowest BCUT2D eigenvalue weighted by molar-refractivity contribution is -0.122. The van der Waals surface area contributed by atoms with Gasteiger partial charge in [0.05, 0.1) is 41.5 Å². The van der Waals surface area contributed by atoms with Crippen LogP contribution in [0.2, 0.25) is 0 Å². The van der Waals surface area contributed by atoms with Crippen molar-refractivity contribution in [2.24, 2.45) is 12.0 Å². The fourth-order valence-electron chi connectivity index (χ4n) is 5.40. The van der Waals surface area contributed by atoms with Gasteiger partial charge in [0.2, 0.25) is 5.96 Å². The third kappa shape index (κ3) is 5.71. The van der Waals surface area contributed by atoms with E-state index >= 15 is 0 Å². The monoisotopic (exact) mass is 557 g/mol. The average Bonchev–Trinajstić information content (AvgIpc) is 3.47. The molecule has 1 saturated heterocycles. The van der Waals surface area contributed by atoms with Crippen LogP contribution in [0.5, 0.6) is 0 Å². The van der Waals surface area contributed by atoms with Crippen LogP contribution in [0.4, 0.5) is 17.2 Å². The minimum Gasteiger partial charge on any atom is -0.367 e. The van der Waals surface area contributed by atoms with Crippen molar-refractivity contribution in [3.8, 4) is 11.3 Å². The number of aliphatic imine (C=N–C) groups is 1. The van der Waals surface area contributed by atoms with Crippen molar-refractivity contribution in [1.82, 2.24) is 24.6 Å². The number of carbonyl (C=O) groups is 2.